The van der Waals surface area contributed by atoms with E-state index in [9.17, 15) is 13.2 Å². The number of esters is 1. The van der Waals surface area contributed by atoms with Crippen LogP contribution in [0.1, 0.15) is 16.3 Å². The molecule has 26 heavy (non-hydrogen) atoms. The van der Waals surface area contributed by atoms with Crippen LogP contribution in [-0.4, -0.2) is 52.0 Å². The van der Waals surface area contributed by atoms with Gasteiger partial charge in [-0.05, 0) is 36.4 Å². The van der Waals surface area contributed by atoms with E-state index in [1.165, 1.54) is 28.4 Å². The van der Waals surface area contributed by atoms with Gasteiger partial charge in [0.2, 0.25) is 15.8 Å². The molecule has 0 spiro atoms. The average Bonchev–Trinajstić information content (AvgIpc) is 3.10. The van der Waals surface area contributed by atoms with Crippen molar-refractivity contribution in [1.82, 2.24) is 4.31 Å². The Balaban J connectivity index is 1.59. The number of sulfonamides is 1. The Bertz CT molecular complexity index is 871. The van der Waals surface area contributed by atoms with Gasteiger partial charge >= 0.3 is 5.97 Å². The van der Waals surface area contributed by atoms with Crippen molar-refractivity contribution in [3.8, 4) is 0 Å². The summed E-state index contributed by atoms with van der Waals surface area (Å²) in [6, 6.07) is 9.53. The molecule has 0 bridgehead atoms. The quantitative estimate of drug-likeness (QED) is 0.752. The first-order chi connectivity index (χ1) is 12.4. The molecule has 1 aromatic carbocycles. The van der Waals surface area contributed by atoms with Crippen LogP contribution in [0, 0.1) is 0 Å². The maximum absolute atomic E-state index is 12.7. The molecule has 1 N–H and O–H groups in total. The predicted octanol–water partition coefficient (Wildman–Crippen LogP) is 0.809. The summed E-state index contributed by atoms with van der Waals surface area (Å²) >= 11 is 5.82. The van der Waals surface area contributed by atoms with E-state index in [2.05, 4.69) is 4.74 Å². The molecule has 9 heteroatoms. The molecule has 3 rings (SSSR count). The normalized spacial score (nSPS) is 16.5. The molecule has 0 unspecified atom stereocenters. The molecule has 0 radical (unpaired) electrons. The molecule has 7 nitrogen and oxygen atoms in total. The fourth-order valence-corrected chi connectivity index (χ4v) is 4.47. The van der Waals surface area contributed by atoms with E-state index in [0.717, 1.165) is 0 Å². The number of hydrogen-bond donors (Lipinski definition) is 1. The monoisotopic (exact) mass is 399 g/mol. The van der Waals surface area contributed by atoms with Gasteiger partial charge in [-0.1, -0.05) is 11.6 Å². The molecule has 0 atom stereocenters. The number of quaternary nitrogens is 1. The van der Waals surface area contributed by atoms with Crippen molar-refractivity contribution in [3.05, 3.63) is 52.9 Å². The van der Waals surface area contributed by atoms with E-state index in [1.54, 1.807) is 24.3 Å². The van der Waals surface area contributed by atoms with Gasteiger partial charge in [0.1, 0.15) is 6.54 Å². The van der Waals surface area contributed by atoms with Crippen molar-refractivity contribution in [2.24, 2.45) is 0 Å². The first kappa shape index (κ1) is 18.9. The summed E-state index contributed by atoms with van der Waals surface area (Å²) in [4.78, 5) is 12.9. The van der Waals surface area contributed by atoms with E-state index in [-0.39, 0.29) is 10.7 Å². The number of carbonyl (C=O) groups is 1. The number of methoxy groups -OCH3 is 1. The molecule has 2 heterocycles. The highest BCUT2D eigenvalue weighted by atomic mass is 35.5. The van der Waals surface area contributed by atoms with E-state index < -0.39 is 16.0 Å². The Morgan fingerprint density at radius 2 is 1.85 bits per heavy atom. The number of carbonyl (C=O) groups excluding carboxylic acids is 1. The van der Waals surface area contributed by atoms with Gasteiger partial charge in [0, 0.05) is 5.02 Å². The third-order valence-corrected chi connectivity index (χ3v) is 6.52. The topological polar surface area (TPSA) is 81.3 Å². The van der Waals surface area contributed by atoms with Crippen LogP contribution in [0.5, 0.6) is 0 Å². The Morgan fingerprint density at radius 3 is 2.46 bits per heavy atom. The minimum Gasteiger partial charge on any atom is -0.463 e. The van der Waals surface area contributed by atoms with Crippen LogP contribution < -0.4 is 4.90 Å². The Labute approximate surface area is 157 Å². The second-order valence-corrected chi connectivity index (χ2v) is 8.42. The summed E-state index contributed by atoms with van der Waals surface area (Å²) in [7, 11) is -2.21. The number of nitrogens with zero attached hydrogens (tertiary/aromatic N) is 1. The molecule has 1 aliphatic rings. The van der Waals surface area contributed by atoms with E-state index >= 15 is 0 Å². The van der Waals surface area contributed by atoms with Gasteiger partial charge in [-0.3, -0.25) is 0 Å². The lowest BCUT2D eigenvalue weighted by Gasteiger charge is -2.31. The highest BCUT2D eigenvalue weighted by Gasteiger charge is 2.30. The number of hydrogen-bond acceptors (Lipinski definition) is 5. The van der Waals surface area contributed by atoms with Crippen LogP contribution in [0.2, 0.25) is 5.02 Å². The zero-order valence-corrected chi connectivity index (χ0v) is 15.8. The highest BCUT2D eigenvalue weighted by Crippen LogP contribution is 2.18. The number of furan rings is 1. The van der Waals surface area contributed by atoms with Crippen molar-refractivity contribution in [3.63, 3.8) is 0 Å². The summed E-state index contributed by atoms with van der Waals surface area (Å²) in [6.07, 6.45) is 0. The van der Waals surface area contributed by atoms with Crippen LogP contribution in [0.4, 0.5) is 0 Å². The zero-order chi connectivity index (χ0) is 18.7. The number of piperazine rings is 1. The number of halogens is 1. The summed E-state index contributed by atoms with van der Waals surface area (Å²) in [5, 5.41) is 0.503. The predicted molar refractivity (Wildman–Crippen MR) is 94.7 cm³/mol. The molecule has 2 aromatic rings. The van der Waals surface area contributed by atoms with Gasteiger partial charge in [0.15, 0.2) is 5.76 Å². The van der Waals surface area contributed by atoms with Crippen molar-refractivity contribution in [2.75, 3.05) is 33.3 Å². The first-order valence-electron chi connectivity index (χ1n) is 8.16. The molecule has 1 saturated heterocycles. The number of ether oxygens (including phenoxy) is 1. The van der Waals surface area contributed by atoms with Gasteiger partial charge in [-0.2, -0.15) is 4.31 Å². The minimum atomic E-state index is -3.51. The number of rotatable bonds is 5. The van der Waals surface area contributed by atoms with Gasteiger partial charge in [-0.25, -0.2) is 13.2 Å². The van der Waals surface area contributed by atoms with Crippen LogP contribution in [-0.2, 0) is 21.3 Å². The molecule has 0 aliphatic carbocycles. The minimum absolute atomic E-state index is 0.172. The van der Waals surface area contributed by atoms with Crippen molar-refractivity contribution >= 4 is 27.6 Å². The van der Waals surface area contributed by atoms with Crippen LogP contribution in [0.3, 0.4) is 0 Å². The summed E-state index contributed by atoms with van der Waals surface area (Å²) in [6.45, 7) is 2.74. The Kier molecular flexibility index (Phi) is 5.67. The van der Waals surface area contributed by atoms with E-state index in [0.29, 0.717) is 43.5 Å². The molecule has 1 aromatic heterocycles. The van der Waals surface area contributed by atoms with Gasteiger partial charge in [0.05, 0.1) is 38.2 Å². The van der Waals surface area contributed by atoms with Crippen LogP contribution in [0.15, 0.2) is 45.7 Å². The second-order valence-electron chi connectivity index (χ2n) is 6.04. The molecule has 0 amide bonds. The van der Waals surface area contributed by atoms with Crippen LogP contribution >= 0.6 is 11.6 Å². The largest absolute Gasteiger partial charge is 0.463 e. The van der Waals surface area contributed by atoms with Gasteiger partial charge in [-0.15, -0.1) is 0 Å². The maximum Gasteiger partial charge on any atom is 0.373 e. The number of nitrogens with one attached hydrogen (secondary N) is 1. The smallest absolute Gasteiger partial charge is 0.373 e. The fourth-order valence-electron chi connectivity index (χ4n) is 2.90. The lowest BCUT2D eigenvalue weighted by atomic mass is 10.3. The Hall–Kier alpha value is -1.87. The lowest BCUT2D eigenvalue weighted by Crippen LogP contribution is -3.13. The Morgan fingerprint density at radius 1 is 1.19 bits per heavy atom. The molecule has 0 saturated carbocycles. The highest BCUT2D eigenvalue weighted by molar-refractivity contribution is 7.89. The van der Waals surface area contributed by atoms with Crippen molar-refractivity contribution < 1.29 is 27.3 Å². The summed E-state index contributed by atoms with van der Waals surface area (Å²) in [5.41, 5.74) is 0. The third-order valence-electron chi connectivity index (χ3n) is 4.35. The lowest BCUT2D eigenvalue weighted by molar-refractivity contribution is -0.918. The van der Waals surface area contributed by atoms with E-state index in [4.69, 9.17) is 16.0 Å². The standard InChI is InChI=1S/C17H19ClN2O5S/c1-24-17(21)16-7-4-14(25-16)12-19-8-10-20(11-9-19)26(22,23)15-5-2-13(18)3-6-15/h2-7H,8-12H2,1H3/p+1. The molecule has 140 valence electrons. The summed E-state index contributed by atoms with van der Waals surface area (Å²) < 4.78 is 36.9. The second kappa shape index (κ2) is 7.79. The molecule has 1 aliphatic heterocycles. The molecular weight excluding hydrogens is 380 g/mol. The molecule has 1 fully saturated rings. The van der Waals surface area contributed by atoms with Gasteiger partial charge < -0.3 is 14.1 Å². The van der Waals surface area contributed by atoms with Gasteiger partial charge in [0.25, 0.3) is 0 Å². The molecular formula is C17H20ClN2O5S+. The average molecular weight is 400 g/mol. The SMILES string of the molecule is COC(=O)c1ccc(C[NH+]2CCN(S(=O)(=O)c3ccc(Cl)cc3)CC2)o1. The summed E-state index contributed by atoms with van der Waals surface area (Å²) in [5.74, 6) is 0.338. The van der Waals surface area contributed by atoms with Crippen LogP contribution in [0.25, 0.3) is 0 Å². The fraction of sp³-hybridized carbons (Fsp3) is 0.353. The number of benzene rings is 1. The van der Waals surface area contributed by atoms with Crippen molar-refractivity contribution in [2.45, 2.75) is 11.4 Å². The third kappa shape index (κ3) is 4.09. The first-order valence-corrected chi connectivity index (χ1v) is 9.98. The van der Waals surface area contributed by atoms with Crippen molar-refractivity contribution in [1.29, 1.82) is 0 Å². The zero-order valence-electron chi connectivity index (χ0n) is 14.3. The van der Waals surface area contributed by atoms with E-state index in [1.807, 2.05) is 0 Å². The maximum atomic E-state index is 12.7.